The summed E-state index contributed by atoms with van der Waals surface area (Å²) in [5.74, 6) is -1.12. The van der Waals surface area contributed by atoms with E-state index in [1.165, 1.54) is 6.07 Å². The van der Waals surface area contributed by atoms with Gasteiger partial charge in [0, 0.05) is 12.1 Å². The second kappa shape index (κ2) is 6.12. The third kappa shape index (κ3) is 3.60. The van der Waals surface area contributed by atoms with Gasteiger partial charge in [-0.3, -0.25) is 4.79 Å². The van der Waals surface area contributed by atoms with Gasteiger partial charge in [-0.05, 0) is 25.1 Å². The summed E-state index contributed by atoms with van der Waals surface area (Å²) in [6, 6.07) is 3.71. The number of amides is 1. The summed E-state index contributed by atoms with van der Waals surface area (Å²) in [4.78, 5) is 9.15. The highest BCUT2D eigenvalue weighted by Crippen LogP contribution is 2.48. The van der Waals surface area contributed by atoms with Crippen LogP contribution in [0.15, 0.2) is 28.4 Å². The Bertz CT molecular complexity index is 815. The molecule has 0 saturated heterocycles. The van der Waals surface area contributed by atoms with E-state index in [4.69, 9.17) is 16.9 Å². The minimum atomic E-state index is -4.96. The third-order valence-electron chi connectivity index (χ3n) is 3.63. The molecule has 0 spiro atoms. The van der Waals surface area contributed by atoms with Crippen LogP contribution in [-0.4, -0.2) is 22.6 Å². The quantitative estimate of drug-likeness (QED) is 0.448. The molecule has 1 aromatic carbocycles. The van der Waals surface area contributed by atoms with Crippen LogP contribution in [0, 0.1) is 11.3 Å². The molecule has 0 bridgehead atoms. The summed E-state index contributed by atoms with van der Waals surface area (Å²) in [5.41, 5.74) is -4.35. The fourth-order valence-corrected chi connectivity index (χ4v) is 2.52. The molecule has 1 amide bonds. The van der Waals surface area contributed by atoms with E-state index in [1.807, 2.05) is 5.32 Å². The van der Waals surface area contributed by atoms with Gasteiger partial charge in [0.05, 0.1) is 17.2 Å². The van der Waals surface area contributed by atoms with Gasteiger partial charge in [-0.25, -0.2) is 0 Å². The number of anilines is 1. The number of azo groups is 1. The van der Waals surface area contributed by atoms with Gasteiger partial charge in [0.15, 0.2) is 5.54 Å². The zero-order chi connectivity index (χ0) is 20.0. The normalized spacial score (nSPS) is 25.8. The molecule has 2 unspecified atom stereocenters. The molecule has 0 fully saturated rings. The van der Waals surface area contributed by atoms with Crippen LogP contribution in [0.1, 0.15) is 24.5 Å². The van der Waals surface area contributed by atoms with Crippen LogP contribution in [0.5, 0.6) is 0 Å². The number of hydrogen-bond acceptors (Lipinski definition) is 4. The first-order valence-corrected chi connectivity index (χ1v) is 7.22. The number of hydrogen-bond donors (Lipinski definition) is 1. The Hall–Kier alpha value is -2.35. The van der Waals surface area contributed by atoms with E-state index >= 15 is 0 Å². The van der Waals surface area contributed by atoms with Crippen LogP contribution in [0.2, 0.25) is 0 Å². The third-order valence-corrected chi connectivity index (χ3v) is 4.06. The van der Waals surface area contributed by atoms with Crippen LogP contribution in [0.4, 0.5) is 32.0 Å². The lowest BCUT2D eigenvalue weighted by molar-refractivity contribution is -0.161. The zero-order valence-electron chi connectivity index (χ0n) is 12.8. The van der Waals surface area contributed by atoms with Crippen molar-refractivity contribution in [1.82, 2.24) is 0 Å². The number of carbonyl (C=O) groups is 1. The molecule has 1 aromatic rings. The number of alkyl halides is 7. The van der Waals surface area contributed by atoms with E-state index in [0.717, 1.165) is 19.1 Å². The molecule has 0 aromatic heterocycles. The van der Waals surface area contributed by atoms with Gasteiger partial charge in [-0.15, -0.1) is 0 Å². The summed E-state index contributed by atoms with van der Waals surface area (Å²) >= 11 is 5.35. The molecule has 2 rings (SSSR count). The lowest BCUT2D eigenvalue weighted by Gasteiger charge is -2.24. The molecule has 5 nitrogen and oxygen atoms in total. The molecule has 12 heteroatoms. The Morgan fingerprint density at radius 2 is 1.88 bits per heavy atom. The first-order valence-electron chi connectivity index (χ1n) is 6.84. The summed E-state index contributed by atoms with van der Waals surface area (Å²) < 4.78 is 77.4. The van der Waals surface area contributed by atoms with E-state index in [2.05, 4.69) is 10.2 Å². The van der Waals surface area contributed by atoms with Crippen molar-refractivity contribution in [2.45, 2.75) is 36.2 Å². The maximum atomic E-state index is 12.9. The van der Waals surface area contributed by atoms with Crippen molar-refractivity contribution in [3.8, 4) is 6.07 Å². The van der Waals surface area contributed by atoms with Gasteiger partial charge < -0.3 is 5.32 Å². The first-order chi connectivity index (χ1) is 11.7. The number of carbonyl (C=O) groups excluding carboxylic acids is 1. The first kappa shape index (κ1) is 20.0. The van der Waals surface area contributed by atoms with E-state index < -0.39 is 46.3 Å². The monoisotopic (exact) mass is 398 g/mol. The minimum Gasteiger partial charge on any atom is -0.324 e. The van der Waals surface area contributed by atoms with Gasteiger partial charge in [0.1, 0.15) is 0 Å². The molecular formula is C14H9ClF6N4O. The molecule has 1 heterocycles. The lowest BCUT2D eigenvalue weighted by Crippen LogP contribution is -2.44. The van der Waals surface area contributed by atoms with Crippen molar-refractivity contribution in [2.75, 3.05) is 5.32 Å². The van der Waals surface area contributed by atoms with Crippen LogP contribution >= 0.6 is 11.6 Å². The number of nitrogens with zero attached hydrogens (tertiary/aromatic N) is 3. The molecule has 2 atom stereocenters. The fraction of sp³-hybridized carbons (Fsp3) is 0.429. The smallest absolute Gasteiger partial charge is 0.324 e. The largest absolute Gasteiger partial charge is 0.429 e. The van der Waals surface area contributed by atoms with Crippen molar-refractivity contribution >= 4 is 23.2 Å². The number of nitrogens with one attached hydrogen (secondary N) is 1. The van der Waals surface area contributed by atoms with Crippen LogP contribution in [0.3, 0.4) is 0 Å². The highest BCUT2D eigenvalue weighted by Gasteiger charge is 2.62. The molecule has 0 aliphatic carbocycles. The standard InChI is InChI=1S/C14H9ClF6N4O/c1-11(6-12(15,25-24-11)14(19,20)21)10(26)23-8-3-2-7(5-22)9(4-8)13(16,17)18/h2-4H,6H2,1H3,(H,23,26). The van der Waals surface area contributed by atoms with E-state index in [0.29, 0.717) is 6.07 Å². The Morgan fingerprint density at radius 1 is 1.27 bits per heavy atom. The Morgan fingerprint density at radius 3 is 2.35 bits per heavy atom. The second-order valence-corrected chi connectivity index (χ2v) is 6.36. The predicted molar refractivity (Wildman–Crippen MR) is 77.3 cm³/mol. The highest BCUT2D eigenvalue weighted by atomic mass is 35.5. The van der Waals surface area contributed by atoms with Crippen molar-refractivity contribution in [2.24, 2.45) is 10.2 Å². The number of rotatable bonds is 2. The molecular weight excluding hydrogens is 390 g/mol. The SMILES string of the molecule is CC1(C(=O)Nc2ccc(C#N)c(C(F)(F)F)c2)CC(Cl)(C(F)(F)F)N=N1. The molecule has 0 saturated carbocycles. The zero-order valence-corrected chi connectivity index (χ0v) is 13.6. The predicted octanol–water partition coefficient (Wildman–Crippen LogP) is 4.63. The van der Waals surface area contributed by atoms with Crippen LogP contribution in [0.25, 0.3) is 0 Å². The molecule has 1 aliphatic rings. The van der Waals surface area contributed by atoms with Crippen molar-refractivity contribution < 1.29 is 31.1 Å². The number of halogens is 7. The van der Waals surface area contributed by atoms with Crippen molar-refractivity contribution in [1.29, 1.82) is 5.26 Å². The minimum absolute atomic E-state index is 0.364. The van der Waals surface area contributed by atoms with Gasteiger partial charge >= 0.3 is 12.4 Å². The van der Waals surface area contributed by atoms with Crippen LogP contribution < -0.4 is 5.32 Å². The number of nitriles is 1. The molecule has 0 radical (unpaired) electrons. The van der Waals surface area contributed by atoms with Gasteiger partial charge in [0.25, 0.3) is 10.9 Å². The van der Waals surface area contributed by atoms with E-state index in [1.54, 1.807) is 0 Å². The summed E-state index contributed by atoms with van der Waals surface area (Å²) in [6.07, 6.45) is -10.8. The lowest BCUT2D eigenvalue weighted by atomic mass is 9.94. The van der Waals surface area contributed by atoms with Gasteiger partial charge in [-0.1, -0.05) is 11.6 Å². The average Bonchev–Trinajstić information content (AvgIpc) is 2.84. The number of benzene rings is 1. The van der Waals surface area contributed by atoms with E-state index in [9.17, 15) is 31.1 Å². The fourth-order valence-electron chi connectivity index (χ4n) is 2.22. The molecule has 1 aliphatic heterocycles. The van der Waals surface area contributed by atoms with Crippen LogP contribution in [-0.2, 0) is 11.0 Å². The Labute approximate surface area is 147 Å². The maximum Gasteiger partial charge on any atom is 0.429 e. The summed E-state index contributed by atoms with van der Waals surface area (Å²) in [6.45, 7) is 1.02. The molecule has 140 valence electrons. The summed E-state index contributed by atoms with van der Waals surface area (Å²) in [5, 5.41) is 17.0. The van der Waals surface area contributed by atoms with Gasteiger partial charge in [0.2, 0.25) is 0 Å². The average molecular weight is 399 g/mol. The van der Waals surface area contributed by atoms with Crippen molar-refractivity contribution in [3.05, 3.63) is 29.3 Å². The van der Waals surface area contributed by atoms with Crippen molar-refractivity contribution in [3.63, 3.8) is 0 Å². The highest BCUT2D eigenvalue weighted by molar-refractivity contribution is 6.25. The van der Waals surface area contributed by atoms with Gasteiger partial charge in [-0.2, -0.15) is 41.8 Å². The second-order valence-electron chi connectivity index (χ2n) is 5.73. The Balaban J connectivity index is 2.27. The van der Waals surface area contributed by atoms with E-state index in [-0.39, 0.29) is 5.69 Å². The summed E-state index contributed by atoms with van der Waals surface area (Å²) in [7, 11) is 0. The molecule has 1 N–H and O–H groups in total. The Kier molecular flexibility index (Phi) is 4.70. The topological polar surface area (TPSA) is 77.6 Å². The molecule has 26 heavy (non-hydrogen) atoms. The maximum absolute atomic E-state index is 12.9.